The monoisotopic (exact) mass is 297 g/mol. The fraction of sp³-hybridized carbons (Fsp3) is 0.0833. The number of halogens is 1. The fourth-order valence-corrected chi connectivity index (χ4v) is 2.33. The van der Waals surface area contributed by atoms with Crippen molar-refractivity contribution in [2.75, 3.05) is 0 Å². The van der Waals surface area contributed by atoms with Crippen LogP contribution in [-0.2, 0) is 11.3 Å². The number of nitrogens with zero attached hydrogens (tertiary/aromatic N) is 1. The average molecular weight is 298 g/mol. The molecular weight excluding hydrogens is 290 g/mol. The van der Waals surface area contributed by atoms with Crippen LogP contribution < -0.4 is 0 Å². The van der Waals surface area contributed by atoms with Gasteiger partial charge in [0.2, 0.25) is 0 Å². The van der Waals surface area contributed by atoms with Crippen molar-refractivity contribution in [1.82, 2.24) is 0 Å². The Bertz CT molecular complexity index is 612. The number of nitro groups is 1. The Kier molecular flexibility index (Phi) is 4.13. The summed E-state index contributed by atoms with van der Waals surface area (Å²) in [6, 6.07) is 7.79. The first-order chi connectivity index (χ1) is 9.09. The van der Waals surface area contributed by atoms with Gasteiger partial charge in [0, 0.05) is 4.88 Å². The Morgan fingerprint density at radius 3 is 2.79 bits per heavy atom. The van der Waals surface area contributed by atoms with Gasteiger partial charge in [0.15, 0.2) is 0 Å². The van der Waals surface area contributed by atoms with Crippen LogP contribution in [0.25, 0.3) is 0 Å². The van der Waals surface area contributed by atoms with Gasteiger partial charge in [0.25, 0.3) is 0 Å². The second-order valence-corrected chi connectivity index (χ2v) is 4.99. The minimum absolute atomic E-state index is 0.0835. The zero-order valence-electron chi connectivity index (χ0n) is 9.54. The number of para-hydroxylation sites is 1. The molecule has 0 N–H and O–H groups in total. The van der Waals surface area contributed by atoms with Crippen molar-refractivity contribution in [2.45, 2.75) is 6.61 Å². The van der Waals surface area contributed by atoms with Crippen molar-refractivity contribution in [3.8, 4) is 0 Å². The number of hydrogen-bond acceptors (Lipinski definition) is 5. The molecule has 2 rings (SSSR count). The third-order valence-electron chi connectivity index (χ3n) is 2.31. The fourth-order valence-electron chi connectivity index (χ4n) is 1.47. The van der Waals surface area contributed by atoms with Gasteiger partial charge >= 0.3 is 11.7 Å². The van der Waals surface area contributed by atoms with E-state index in [2.05, 4.69) is 0 Å². The SMILES string of the molecule is O=C(OCc1cccs1)c1cccc(Cl)c1[N+](=O)[O-]. The minimum Gasteiger partial charge on any atom is -0.456 e. The van der Waals surface area contributed by atoms with Crippen molar-refractivity contribution in [3.05, 3.63) is 61.3 Å². The maximum absolute atomic E-state index is 11.8. The Balaban J connectivity index is 2.19. The van der Waals surface area contributed by atoms with E-state index in [-0.39, 0.29) is 17.2 Å². The summed E-state index contributed by atoms with van der Waals surface area (Å²) >= 11 is 7.16. The molecule has 98 valence electrons. The van der Waals surface area contributed by atoms with E-state index in [9.17, 15) is 14.9 Å². The lowest BCUT2D eigenvalue weighted by molar-refractivity contribution is -0.385. The highest BCUT2D eigenvalue weighted by Gasteiger charge is 2.24. The molecule has 0 saturated heterocycles. The molecule has 0 aliphatic carbocycles. The number of thiophene rings is 1. The number of carbonyl (C=O) groups excluding carboxylic acids is 1. The molecule has 2 aromatic rings. The summed E-state index contributed by atoms with van der Waals surface area (Å²) in [5, 5.41) is 12.7. The quantitative estimate of drug-likeness (QED) is 0.490. The summed E-state index contributed by atoms with van der Waals surface area (Å²) in [6.45, 7) is 0.0835. The lowest BCUT2D eigenvalue weighted by Crippen LogP contribution is -2.08. The van der Waals surface area contributed by atoms with Crippen LogP contribution >= 0.6 is 22.9 Å². The van der Waals surface area contributed by atoms with E-state index in [1.165, 1.54) is 29.5 Å². The molecule has 0 amide bonds. The van der Waals surface area contributed by atoms with Gasteiger partial charge in [0.1, 0.15) is 17.2 Å². The topological polar surface area (TPSA) is 69.4 Å². The van der Waals surface area contributed by atoms with Crippen LogP contribution in [0.5, 0.6) is 0 Å². The summed E-state index contributed by atoms with van der Waals surface area (Å²) in [7, 11) is 0. The van der Waals surface area contributed by atoms with E-state index in [1.807, 2.05) is 17.5 Å². The van der Waals surface area contributed by atoms with Crippen molar-refractivity contribution in [2.24, 2.45) is 0 Å². The number of carbonyl (C=O) groups is 1. The zero-order chi connectivity index (χ0) is 13.8. The van der Waals surface area contributed by atoms with Crippen molar-refractivity contribution < 1.29 is 14.5 Å². The molecule has 1 heterocycles. The first-order valence-electron chi connectivity index (χ1n) is 5.22. The molecule has 0 aliphatic heterocycles. The van der Waals surface area contributed by atoms with Crippen LogP contribution in [0.2, 0.25) is 5.02 Å². The number of hydrogen-bond donors (Lipinski definition) is 0. The van der Waals surface area contributed by atoms with Crippen LogP contribution in [-0.4, -0.2) is 10.9 Å². The molecule has 0 spiro atoms. The third kappa shape index (κ3) is 3.10. The Morgan fingerprint density at radius 2 is 2.16 bits per heavy atom. The highest BCUT2D eigenvalue weighted by atomic mass is 35.5. The average Bonchev–Trinajstić information content (AvgIpc) is 2.88. The number of nitro benzene ring substituents is 1. The van der Waals surface area contributed by atoms with Crippen LogP contribution in [0.3, 0.4) is 0 Å². The zero-order valence-corrected chi connectivity index (χ0v) is 11.1. The van der Waals surface area contributed by atoms with E-state index in [1.54, 1.807) is 0 Å². The van der Waals surface area contributed by atoms with Crippen molar-refractivity contribution in [1.29, 1.82) is 0 Å². The molecule has 0 aliphatic rings. The first-order valence-corrected chi connectivity index (χ1v) is 6.48. The van der Waals surface area contributed by atoms with E-state index in [0.29, 0.717) is 0 Å². The molecule has 1 aromatic carbocycles. The van der Waals surface area contributed by atoms with Crippen LogP contribution in [0, 0.1) is 10.1 Å². The van der Waals surface area contributed by atoms with Crippen LogP contribution in [0.15, 0.2) is 35.7 Å². The predicted molar refractivity (Wildman–Crippen MR) is 71.5 cm³/mol. The molecule has 7 heteroatoms. The summed E-state index contributed by atoms with van der Waals surface area (Å²) in [5.41, 5.74) is -0.575. The second kappa shape index (κ2) is 5.81. The Hall–Kier alpha value is -1.92. The van der Waals surface area contributed by atoms with E-state index >= 15 is 0 Å². The normalized spacial score (nSPS) is 10.2. The van der Waals surface area contributed by atoms with Gasteiger partial charge in [-0.05, 0) is 23.6 Å². The summed E-state index contributed by atoms with van der Waals surface area (Å²) < 4.78 is 5.03. The molecule has 0 fully saturated rings. The van der Waals surface area contributed by atoms with Gasteiger partial charge in [-0.3, -0.25) is 10.1 Å². The number of benzene rings is 1. The number of ether oxygens (including phenoxy) is 1. The van der Waals surface area contributed by atoms with Gasteiger partial charge in [0.05, 0.1) is 4.92 Å². The molecule has 0 radical (unpaired) electrons. The minimum atomic E-state index is -0.761. The summed E-state index contributed by atoms with van der Waals surface area (Å²) in [6.07, 6.45) is 0. The predicted octanol–water partition coefficient (Wildman–Crippen LogP) is 3.67. The van der Waals surface area contributed by atoms with Crippen molar-refractivity contribution >= 4 is 34.6 Å². The van der Waals surface area contributed by atoms with E-state index < -0.39 is 16.6 Å². The number of esters is 1. The third-order valence-corrected chi connectivity index (χ3v) is 3.47. The summed E-state index contributed by atoms with van der Waals surface area (Å²) in [5.74, 6) is -0.761. The van der Waals surface area contributed by atoms with Gasteiger partial charge in [-0.15, -0.1) is 11.3 Å². The van der Waals surface area contributed by atoms with E-state index in [4.69, 9.17) is 16.3 Å². The molecule has 0 unspecified atom stereocenters. The standard InChI is InChI=1S/C12H8ClNO4S/c13-10-5-1-4-9(11(10)14(16)17)12(15)18-7-8-3-2-6-19-8/h1-6H,7H2. The molecule has 0 atom stereocenters. The van der Waals surface area contributed by atoms with Gasteiger partial charge < -0.3 is 4.74 Å². The highest BCUT2D eigenvalue weighted by Crippen LogP contribution is 2.28. The summed E-state index contributed by atoms with van der Waals surface area (Å²) in [4.78, 5) is 22.9. The van der Waals surface area contributed by atoms with Gasteiger partial charge in [-0.25, -0.2) is 4.79 Å². The van der Waals surface area contributed by atoms with Crippen LogP contribution in [0.4, 0.5) is 5.69 Å². The molecule has 5 nitrogen and oxygen atoms in total. The first kappa shape index (κ1) is 13.5. The molecule has 19 heavy (non-hydrogen) atoms. The van der Waals surface area contributed by atoms with Gasteiger partial charge in [-0.2, -0.15) is 0 Å². The lowest BCUT2D eigenvalue weighted by Gasteiger charge is -2.04. The largest absolute Gasteiger partial charge is 0.456 e. The Labute approximate surface area is 117 Å². The van der Waals surface area contributed by atoms with E-state index in [0.717, 1.165) is 4.88 Å². The molecule has 0 saturated carbocycles. The maximum Gasteiger partial charge on any atom is 0.345 e. The highest BCUT2D eigenvalue weighted by molar-refractivity contribution is 7.09. The maximum atomic E-state index is 11.8. The lowest BCUT2D eigenvalue weighted by atomic mass is 10.2. The second-order valence-electron chi connectivity index (χ2n) is 3.55. The molecule has 0 bridgehead atoms. The smallest absolute Gasteiger partial charge is 0.345 e. The van der Waals surface area contributed by atoms with Gasteiger partial charge in [-0.1, -0.05) is 23.7 Å². The number of rotatable bonds is 4. The van der Waals surface area contributed by atoms with Crippen molar-refractivity contribution in [3.63, 3.8) is 0 Å². The Morgan fingerprint density at radius 1 is 1.37 bits per heavy atom. The molecular formula is C12H8ClNO4S. The van der Waals surface area contributed by atoms with Crippen LogP contribution in [0.1, 0.15) is 15.2 Å². The molecule has 1 aromatic heterocycles.